The van der Waals surface area contributed by atoms with Gasteiger partial charge >= 0.3 is 0 Å². The van der Waals surface area contributed by atoms with Gasteiger partial charge in [0.25, 0.3) is 0 Å². The molecule has 0 amide bonds. The van der Waals surface area contributed by atoms with Gasteiger partial charge in [-0.15, -0.1) is 0 Å². The molecule has 0 aromatic heterocycles. The molecule has 1 aliphatic rings. The van der Waals surface area contributed by atoms with E-state index in [0.717, 1.165) is 53.2 Å². The summed E-state index contributed by atoms with van der Waals surface area (Å²) in [5.74, 6) is 8.29. The molecule has 0 saturated heterocycles. The molecule has 4 rings (SSSR count). The SMILES string of the molecule is CCCCc1ccc2cc(C#Cc3ccc(CCC4CCC(C)CC4)cc3)ccc2c1F. The number of rotatable bonds is 6. The molecule has 0 heterocycles. The summed E-state index contributed by atoms with van der Waals surface area (Å²) in [5, 5.41) is 1.61. The first kappa shape index (κ1) is 22.6. The number of halogens is 1. The summed E-state index contributed by atoms with van der Waals surface area (Å²) in [4.78, 5) is 0. The van der Waals surface area contributed by atoms with Crippen molar-refractivity contribution < 1.29 is 4.39 Å². The zero-order valence-corrected chi connectivity index (χ0v) is 19.6. The van der Waals surface area contributed by atoms with Crippen LogP contribution in [0.5, 0.6) is 0 Å². The summed E-state index contributed by atoms with van der Waals surface area (Å²) in [7, 11) is 0. The molecule has 32 heavy (non-hydrogen) atoms. The fourth-order valence-corrected chi connectivity index (χ4v) is 4.86. The third-order valence-corrected chi connectivity index (χ3v) is 7.12. The van der Waals surface area contributed by atoms with E-state index in [9.17, 15) is 4.39 Å². The molecule has 0 unspecified atom stereocenters. The van der Waals surface area contributed by atoms with E-state index in [4.69, 9.17) is 0 Å². The zero-order chi connectivity index (χ0) is 22.3. The van der Waals surface area contributed by atoms with Crippen molar-refractivity contribution >= 4 is 10.8 Å². The van der Waals surface area contributed by atoms with Crippen molar-refractivity contribution in [3.63, 3.8) is 0 Å². The van der Waals surface area contributed by atoms with Gasteiger partial charge < -0.3 is 0 Å². The minimum Gasteiger partial charge on any atom is -0.206 e. The van der Waals surface area contributed by atoms with Crippen molar-refractivity contribution in [2.45, 2.75) is 71.6 Å². The van der Waals surface area contributed by atoms with Crippen molar-refractivity contribution in [3.05, 3.63) is 82.7 Å². The predicted octanol–water partition coefficient (Wildman–Crippen LogP) is 8.48. The van der Waals surface area contributed by atoms with E-state index in [1.807, 2.05) is 30.3 Å². The first-order valence-electron chi connectivity index (χ1n) is 12.4. The third-order valence-electron chi connectivity index (χ3n) is 7.12. The first-order valence-corrected chi connectivity index (χ1v) is 12.4. The molecule has 1 heteroatoms. The average molecular weight is 427 g/mol. The summed E-state index contributed by atoms with van der Waals surface area (Å²) >= 11 is 0. The van der Waals surface area contributed by atoms with Crippen LogP contribution in [0.1, 0.15) is 81.0 Å². The quantitative estimate of drug-likeness (QED) is 0.347. The first-order chi connectivity index (χ1) is 15.6. The maximum atomic E-state index is 14.8. The Labute approximate surface area is 193 Å². The van der Waals surface area contributed by atoms with Crippen LogP contribution in [0, 0.1) is 29.5 Å². The molecule has 0 aliphatic heterocycles. The molecule has 0 atom stereocenters. The molecule has 0 spiro atoms. The number of hydrogen-bond donors (Lipinski definition) is 0. The molecule has 0 radical (unpaired) electrons. The smallest absolute Gasteiger partial charge is 0.134 e. The Hall–Kier alpha value is -2.59. The van der Waals surface area contributed by atoms with Crippen molar-refractivity contribution in [1.82, 2.24) is 0 Å². The van der Waals surface area contributed by atoms with E-state index in [1.165, 1.54) is 44.1 Å². The topological polar surface area (TPSA) is 0 Å². The van der Waals surface area contributed by atoms with E-state index in [1.54, 1.807) is 0 Å². The lowest BCUT2D eigenvalue weighted by Crippen LogP contribution is -2.12. The van der Waals surface area contributed by atoms with Gasteiger partial charge in [0.2, 0.25) is 0 Å². The van der Waals surface area contributed by atoms with E-state index in [2.05, 4.69) is 50.0 Å². The summed E-state index contributed by atoms with van der Waals surface area (Å²) in [6, 6.07) is 18.5. The van der Waals surface area contributed by atoms with Crippen LogP contribution in [-0.4, -0.2) is 0 Å². The number of aryl methyl sites for hydroxylation is 2. The van der Waals surface area contributed by atoms with Gasteiger partial charge in [0.15, 0.2) is 0 Å². The molecule has 1 fully saturated rings. The highest BCUT2D eigenvalue weighted by atomic mass is 19.1. The van der Waals surface area contributed by atoms with Crippen LogP contribution >= 0.6 is 0 Å². The van der Waals surface area contributed by atoms with Gasteiger partial charge in [-0.05, 0) is 78.3 Å². The van der Waals surface area contributed by atoms with Gasteiger partial charge in [-0.3, -0.25) is 0 Å². The van der Waals surface area contributed by atoms with Crippen LogP contribution in [0.4, 0.5) is 4.39 Å². The van der Waals surface area contributed by atoms with E-state index < -0.39 is 0 Å². The molecular weight excluding hydrogens is 391 g/mol. The van der Waals surface area contributed by atoms with Gasteiger partial charge in [-0.25, -0.2) is 4.39 Å². The van der Waals surface area contributed by atoms with Crippen molar-refractivity contribution in [1.29, 1.82) is 0 Å². The highest BCUT2D eigenvalue weighted by molar-refractivity contribution is 5.85. The Kier molecular flexibility index (Phi) is 7.64. The van der Waals surface area contributed by atoms with E-state index >= 15 is 0 Å². The molecule has 0 bridgehead atoms. The fourth-order valence-electron chi connectivity index (χ4n) is 4.86. The third kappa shape index (κ3) is 5.80. The summed E-state index contributed by atoms with van der Waals surface area (Å²) < 4.78 is 14.8. The molecule has 166 valence electrons. The molecule has 1 aliphatic carbocycles. The summed E-state index contributed by atoms with van der Waals surface area (Å²) in [6.07, 6.45) is 11.0. The Bertz CT molecular complexity index is 1090. The second-order valence-corrected chi connectivity index (χ2v) is 9.69. The van der Waals surface area contributed by atoms with Crippen molar-refractivity contribution in [2.24, 2.45) is 11.8 Å². The molecule has 0 N–H and O–H groups in total. The van der Waals surface area contributed by atoms with Crippen molar-refractivity contribution in [3.8, 4) is 11.8 Å². The molecule has 3 aromatic carbocycles. The van der Waals surface area contributed by atoms with Crippen LogP contribution in [0.2, 0.25) is 0 Å². The lowest BCUT2D eigenvalue weighted by Gasteiger charge is -2.26. The lowest BCUT2D eigenvalue weighted by molar-refractivity contribution is 0.278. The van der Waals surface area contributed by atoms with E-state index in [-0.39, 0.29) is 5.82 Å². The maximum absolute atomic E-state index is 14.8. The summed E-state index contributed by atoms with van der Waals surface area (Å²) in [6.45, 7) is 4.52. The number of fused-ring (bicyclic) bond motifs is 1. The second-order valence-electron chi connectivity index (χ2n) is 9.69. The second kappa shape index (κ2) is 10.8. The fraction of sp³-hybridized carbons (Fsp3) is 0.419. The van der Waals surface area contributed by atoms with Gasteiger partial charge in [0.05, 0.1) is 0 Å². The lowest BCUT2D eigenvalue weighted by atomic mass is 9.80. The van der Waals surface area contributed by atoms with Crippen molar-refractivity contribution in [2.75, 3.05) is 0 Å². The average Bonchev–Trinajstić information content (AvgIpc) is 2.82. The number of hydrogen-bond acceptors (Lipinski definition) is 0. The predicted molar refractivity (Wildman–Crippen MR) is 134 cm³/mol. The molecule has 0 nitrogen and oxygen atoms in total. The maximum Gasteiger partial charge on any atom is 0.134 e. The zero-order valence-electron chi connectivity index (χ0n) is 19.6. The van der Waals surface area contributed by atoms with Crippen LogP contribution in [0.25, 0.3) is 10.8 Å². The van der Waals surface area contributed by atoms with Crippen LogP contribution in [-0.2, 0) is 12.8 Å². The van der Waals surface area contributed by atoms with Gasteiger partial charge in [0.1, 0.15) is 5.82 Å². The van der Waals surface area contributed by atoms with Crippen LogP contribution < -0.4 is 0 Å². The Morgan fingerprint density at radius 1 is 0.844 bits per heavy atom. The Morgan fingerprint density at radius 3 is 2.31 bits per heavy atom. The van der Waals surface area contributed by atoms with Crippen LogP contribution in [0.15, 0.2) is 54.6 Å². The Morgan fingerprint density at radius 2 is 1.56 bits per heavy atom. The number of benzene rings is 3. The van der Waals surface area contributed by atoms with E-state index in [0.29, 0.717) is 5.39 Å². The standard InChI is InChI=1S/C31H35F/c1-3-4-5-28-19-20-29-22-27(18-21-30(29)31(28)32)17-16-26-14-12-25(13-15-26)11-10-24-8-6-23(2)7-9-24/h12-15,18-24H,3-11H2,1-2H3. The van der Waals surface area contributed by atoms with Gasteiger partial charge in [0, 0.05) is 16.5 Å². The highest BCUT2D eigenvalue weighted by Crippen LogP contribution is 2.31. The molecule has 1 saturated carbocycles. The molecular formula is C31H35F. The molecule has 3 aromatic rings. The summed E-state index contributed by atoms with van der Waals surface area (Å²) in [5.41, 5.74) is 4.18. The minimum absolute atomic E-state index is 0.0752. The highest BCUT2D eigenvalue weighted by Gasteiger charge is 2.17. The number of unbranched alkanes of at least 4 members (excludes halogenated alkanes) is 1. The van der Waals surface area contributed by atoms with Crippen LogP contribution in [0.3, 0.4) is 0 Å². The Balaban J connectivity index is 1.39. The largest absolute Gasteiger partial charge is 0.206 e. The normalized spacial score (nSPS) is 18.3. The van der Waals surface area contributed by atoms with Gasteiger partial charge in [-0.2, -0.15) is 0 Å². The minimum atomic E-state index is -0.0752. The monoisotopic (exact) mass is 426 g/mol. The van der Waals surface area contributed by atoms with Gasteiger partial charge in [-0.1, -0.05) is 88.1 Å².